The van der Waals surface area contributed by atoms with Gasteiger partial charge < -0.3 is 4.74 Å². The highest BCUT2D eigenvalue weighted by Gasteiger charge is 2.08. The average molecular weight is 299 g/mol. The Morgan fingerprint density at radius 2 is 1.82 bits per heavy atom. The van der Waals surface area contributed by atoms with E-state index in [1.807, 2.05) is 32.0 Å². The van der Waals surface area contributed by atoms with Gasteiger partial charge in [-0.2, -0.15) is 0 Å². The maximum atomic E-state index is 11.7. The highest BCUT2D eigenvalue weighted by Crippen LogP contribution is 2.18. The molecule has 1 heterocycles. The van der Waals surface area contributed by atoms with Gasteiger partial charge in [0.25, 0.3) is 11.8 Å². The second kappa shape index (κ2) is 7.21. The van der Waals surface area contributed by atoms with E-state index < -0.39 is 11.8 Å². The number of hydrazine groups is 1. The molecule has 0 spiro atoms. The zero-order valence-corrected chi connectivity index (χ0v) is 12.4. The van der Waals surface area contributed by atoms with Gasteiger partial charge in [-0.05, 0) is 37.6 Å². The first-order valence-corrected chi connectivity index (χ1v) is 6.75. The van der Waals surface area contributed by atoms with Gasteiger partial charge in [0.05, 0.1) is 0 Å². The Hall–Kier alpha value is -2.89. The molecule has 6 nitrogen and oxygen atoms in total. The summed E-state index contributed by atoms with van der Waals surface area (Å²) in [6.07, 6.45) is 3.00. The molecule has 0 fully saturated rings. The zero-order chi connectivity index (χ0) is 15.9. The van der Waals surface area contributed by atoms with E-state index in [1.54, 1.807) is 12.1 Å². The molecule has 0 aliphatic carbocycles. The van der Waals surface area contributed by atoms with E-state index >= 15 is 0 Å². The Bertz CT molecular complexity index is 672. The number of nitrogens with zero attached hydrogens (tertiary/aromatic N) is 1. The van der Waals surface area contributed by atoms with Gasteiger partial charge in [-0.15, -0.1) is 0 Å². The van der Waals surface area contributed by atoms with Crippen molar-refractivity contribution >= 4 is 11.8 Å². The molecule has 22 heavy (non-hydrogen) atoms. The first-order valence-electron chi connectivity index (χ1n) is 6.75. The van der Waals surface area contributed by atoms with Gasteiger partial charge in [0.15, 0.2) is 6.61 Å². The van der Waals surface area contributed by atoms with Gasteiger partial charge in [-0.1, -0.05) is 17.7 Å². The highest BCUT2D eigenvalue weighted by molar-refractivity contribution is 5.95. The number of pyridine rings is 1. The monoisotopic (exact) mass is 299 g/mol. The third-order valence-corrected chi connectivity index (χ3v) is 2.95. The van der Waals surface area contributed by atoms with E-state index in [9.17, 15) is 9.59 Å². The molecule has 114 valence electrons. The molecule has 0 bridgehead atoms. The van der Waals surface area contributed by atoms with Crippen LogP contribution in [0, 0.1) is 13.8 Å². The fourth-order valence-corrected chi connectivity index (χ4v) is 1.84. The molecule has 0 unspecified atom stereocenters. The normalized spacial score (nSPS) is 9.91. The van der Waals surface area contributed by atoms with Gasteiger partial charge in [0.2, 0.25) is 0 Å². The van der Waals surface area contributed by atoms with Crippen molar-refractivity contribution in [3.05, 3.63) is 59.4 Å². The number of aromatic nitrogens is 1. The van der Waals surface area contributed by atoms with Crippen molar-refractivity contribution in [2.75, 3.05) is 6.61 Å². The molecule has 2 rings (SSSR count). The average Bonchev–Trinajstić information content (AvgIpc) is 2.52. The molecule has 2 N–H and O–H groups in total. The standard InChI is InChI=1S/C16H17N3O3/c1-11-3-4-14(12(2)9-11)22-10-15(20)18-19-16(21)13-5-7-17-8-6-13/h3-9H,10H2,1-2H3,(H,18,20)(H,19,21). The van der Waals surface area contributed by atoms with Crippen LogP contribution in [0.5, 0.6) is 5.75 Å². The number of amides is 2. The molecule has 0 saturated heterocycles. The Kier molecular flexibility index (Phi) is 5.08. The number of carbonyl (C=O) groups excluding carboxylic acids is 2. The molecular weight excluding hydrogens is 282 g/mol. The van der Waals surface area contributed by atoms with Crippen LogP contribution in [-0.2, 0) is 4.79 Å². The van der Waals surface area contributed by atoms with Crippen LogP contribution in [-0.4, -0.2) is 23.4 Å². The first kappa shape index (κ1) is 15.5. The first-order chi connectivity index (χ1) is 10.6. The Labute approximate surface area is 128 Å². The Morgan fingerprint density at radius 3 is 2.50 bits per heavy atom. The molecule has 6 heteroatoms. The predicted molar refractivity (Wildman–Crippen MR) is 81.3 cm³/mol. The number of rotatable bonds is 4. The third-order valence-electron chi connectivity index (χ3n) is 2.95. The van der Waals surface area contributed by atoms with Gasteiger partial charge in [-0.3, -0.25) is 25.4 Å². The molecule has 0 radical (unpaired) electrons. The van der Waals surface area contributed by atoms with Crippen molar-refractivity contribution in [3.8, 4) is 5.75 Å². The molecule has 1 aromatic heterocycles. The van der Waals surface area contributed by atoms with E-state index in [4.69, 9.17) is 4.74 Å². The Morgan fingerprint density at radius 1 is 1.09 bits per heavy atom. The number of benzene rings is 1. The lowest BCUT2D eigenvalue weighted by atomic mass is 10.1. The summed E-state index contributed by atoms with van der Waals surface area (Å²) in [6, 6.07) is 8.79. The summed E-state index contributed by atoms with van der Waals surface area (Å²) in [5, 5.41) is 0. The number of hydrogen-bond donors (Lipinski definition) is 2. The van der Waals surface area contributed by atoms with Crippen LogP contribution in [0.4, 0.5) is 0 Å². The number of ether oxygens (including phenoxy) is 1. The summed E-state index contributed by atoms with van der Waals surface area (Å²) in [4.78, 5) is 27.2. The largest absolute Gasteiger partial charge is 0.483 e. The third kappa shape index (κ3) is 4.31. The minimum Gasteiger partial charge on any atom is -0.483 e. The van der Waals surface area contributed by atoms with Gasteiger partial charge in [0, 0.05) is 18.0 Å². The lowest BCUT2D eigenvalue weighted by Gasteiger charge is -2.10. The SMILES string of the molecule is Cc1ccc(OCC(=O)NNC(=O)c2ccncc2)c(C)c1. The summed E-state index contributed by atoms with van der Waals surface area (Å²) in [5.41, 5.74) is 7.09. The van der Waals surface area contributed by atoms with Crippen molar-refractivity contribution in [2.24, 2.45) is 0 Å². The number of aryl methyl sites for hydroxylation is 2. The second-order valence-electron chi connectivity index (χ2n) is 4.80. The quantitative estimate of drug-likeness (QED) is 0.839. The van der Waals surface area contributed by atoms with Crippen LogP contribution < -0.4 is 15.6 Å². The number of hydrogen-bond acceptors (Lipinski definition) is 4. The molecular formula is C16H17N3O3. The zero-order valence-electron chi connectivity index (χ0n) is 12.4. The maximum Gasteiger partial charge on any atom is 0.276 e. The lowest BCUT2D eigenvalue weighted by molar-refractivity contribution is -0.123. The second-order valence-corrected chi connectivity index (χ2v) is 4.80. The van der Waals surface area contributed by atoms with Crippen molar-refractivity contribution in [3.63, 3.8) is 0 Å². The van der Waals surface area contributed by atoms with Crippen molar-refractivity contribution in [1.82, 2.24) is 15.8 Å². The maximum absolute atomic E-state index is 11.7. The molecule has 0 aliphatic rings. The fraction of sp³-hybridized carbons (Fsp3) is 0.188. The van der Waals surface area contributed by atoms with E-state index in [1.165, 1.54) is 12.4 Å². The van der Waals surface area contributed by atoms with Crippen LogP contribution >= 0.6 is 0 Å². The van der Waals surface area contributed by atoms with Crippen LogP contribution in [0.2, 0.25) is 0 Å². The van der Waals surface area contributed by atoms with E-state index in [0.717, 1.165) is 11.1 Å². The summed E-state index contributed by atoms with van der Waals surface area (Å²) < 4.78 is 5.42. The van der Waals surface area contributed by atoms with Crippen molar-refractivity contribution < 1.29 is 14.3 Å². The molecule has 0 aliphatic heterocycles. The summed E-state index contributed by atoms with van der Waals surface area (Å²) in [6.45, 7) is 3.71. The lowest BCUT2D eigenvalue weighted by Crippen LogP contribution is -2.43. The summed E-state index contributed by atoms with van der Waals surface area (Å²) in [7, 11) is 0. The van der Waals surface area contributed by atoms with Gasteiger partial charge in [-0.25, -0.2) is 0 Å². The predicted octanol–water partition coefficient (Wildman–Crippen LogP) is 1.54. The smallest absolute Gasteiger partial charge is 0.276 e. The number of carbonyl (C=O) groups is 2. The fourth-order valence-electron chi connectivity index (χ4n) is 1.84. The highest BCUT2D eigenvalue weighted by atomic mass is 16.5. The van der Waals surface area contributed by atoms with Crippen LogP contribution in [0.3, 0.4) is 0 Å². The topological polar surface area (TPSA) is 80.3 Å². The number of nitrogens with one attached hydrogen (secondary N) is 2. The summed E-state index contributed by atoms with van der Waals surface area (Å²) in [5.74, 6) is -0.217. The molecule has 1 aromatic carbocycles. The van der Waals surface area contributed by atoms with E-state index in [2.05, 4.69) is 15.8 Å². The van der Waals surface area contributed by atoms with Crippen molar-refractivity contribution in [1.29, 1.82) is 0 Å². The molecule has 2 aromatic rings. The van der Waals surface area contributed by atoms with Gasteiger partial charge >= 0.3 is 0 Å². The molecule has 0 atom stereocenters. The molecule has 2 amide bonds. The van der Waals surface area contributed by atoms with Crippen LogP contribution in [0.1, 0.15) is 21.5 Å². The van der Waals surface area contributed by atoms with E-state index in [-0.39, 0.29) is 6.61 Å². The van der Waals surface area contributed by atoms with Crippen LogP contribution in [0.15, 0.2) is 42.7 Å². The van der Waals surface area contributed by atoms with Gasteiger partial charge in [0.1, 0.15) is 5.75 Å². The minimum absolute atomic E-state index is 0.180. The van der Waals surface area contributed by atoms with Crippen LogP contribution in [0.25, 0.3) is 0 Å². The summed E-state index contributed by atoms with van der Waals surface area (Å²) >= 11 is 0. The molecule has 0 saturated carbocycles. The Balaban J connectivity index is 1.80. The minimum atomic E-state index is -0.442. The van der Waals surface area contributed by atoms with E-state index in [0.29, 0.717) is 11.3 Å². The van der Waals surface area contributed by atoms with Crippen molar-refractivity contribution in [2.45, 2.75) is 13.8 Å².